The van der Waals surface area contributed by atoms with Crippen LogP contribution in [0.4, 0.5) is 0 Å². The minimum absolute atomic E-state index is 0.0983. The van der Waals surface area contributed by atoms with Crippen molar-refractivity contribution in [3.63, 3.8) is 0 Å². The minimum Gasteiger partial charge on any atom is -0.186 e. The van der Waals surface area contributed by atoms with E-state index in [-0.39, 0.29) is 10.9 Å². The van der Waals surface area contributed by atoms with Crippen LogP contribution in [0.1, 0.15) is 0 Å². The first kappa shape index (κ1) is 7.89. The molecular weight excluding hydrogens is 180 g/mol. The molecule has 0 unspecified atom stereocenters. The summed E-state index contributed by atoms with van der Waals surface area (Å²) in [6.07, 6.45) is 4.28. The van der Waals surface area contributed by atoms with Crippen molar-refractivity contribution in [3.8, 4) is 0 Å². The second-order valence-electron chi connectivity index (χ2n) is 2.93. The fourth-order valence-electron chi connectivity index (χ4n) is 1.22. The predicted molar refractivity (Wildman–Crippen MR) is 61.5 cm³/mol. The van der Waals surface area contributed by atoms with Gasteiger partial charge in [-0.1, -0.05) is 29.5 Å². The van der Waals surface area contributed by atoms with Crippen molar-refractivity contribution in [2.24, 2.45) is 0 Å². The van der Waals surface area contributed by atoms with Gasteiger partial charge in [0.1, 0.15) is 0 Å². The summed E-state index contributed by atoms with van der Waals surface area (Å²) in [4.78, 5) is 1.47. The van der Waals surface area contributed by atoms with E-state index in [0.29, 0.717) is 0 Å². The first-order valence-corrected chi connectivity index (χ1v) is 6.54. The lowest BCUT2D eigenvalue weighted by molar-refractivity contribution is 1.49. The number of allylic oxidation sites excluding steroid dienone is 2. The van der Waals surface area contributed by atoms with Crippen LogP contribution in [0.3, 0.4) is 0 Å². The van der Waals surface area contributed by atoms with Gasteiger partial charge in [0.25, 0.3) is 0 Å². The molecule has 0 saturated carbocycles. The van der Waals surface area contributed by atoms with Crippen molar-refractivity contribution in [2.45, 2.75) is 4.90 Å². The van der Waals surface area contributed by atoms with E-state index in [4.69, 9.17) is 0 Å². The number of hydrogen-bond donors (Lipinski definition) is 1. The van der Waals surface area contributed by atoms with Crippen molar-refractivity contribution in [1.29, 1.82) is 0 Å². The molecule has 1 aromatic carbocycles. The van der Waals surface area contributed by atoms with Crippen LogP contribution in [0.25, 0.3) is 0 Å². The molecule has 0 aliphatic carbocycles. The molecule has 2 heteroatoms. The summed E-state index contributed by atoms with van der Waals surface area (Å²) in [5.74, 6) is 0. The SMILES string of the molecule is [SiH3]c1ccc([SH]2C=CC=C2)cc1. The summed E-state index contributed by atoms with van der Waals surface area (Å²) < 4.78 is 0. The molecule has 0 nitrogen and oxygen atoms in total. The summed E-state index contributed by atoms with van der Waals surface area (Å²) in [6.45, 7) is 0. The summed E-state index contributed by atoms with van der Waals surface area (Å²) in [5.41, 5.74) is 0. The average molecular weight is 192 g/mol. The standard InChI is InChI=1S/C10H12SSi/c12-10-5-3-9(4-6-10)11-7-1-2-8-11/h1-8,11H,12H3. The zero-order valence-electron chi connectivity index (χ0n) is 7.07. The van der Waals surface area contributed by atoms with Crippen LogP contribution in [0.2, 0.25) is 0 Å². The Morgan fingerprint density at radius 3 is 2.08 bits per heavy atom. The van der Waals surface area contributed by atoms with Crippen LogP contribution < -0.4 is 5.19 Å². The van der Waals surface area contributed by atoms with Gasteiger partial charge < -0.3 is 0 Å². The van der Waals surface area contributed by atoms with Gasteiger partial charge in [-0.3, -0.25) is 0 Å². The molecule has 0 atom stereocenters. The van der Waals surface area contributed by atoms with E-state index in [1.54, 1.807) is 0 Å². The molecule has 0 fully saturated rings. The monoisotopic (exact) mass is 192 g/mol. The second kappa shape index (κ2) is 3.33. The lowest BCUT2D eigenvalue weighted by Crippen LogP contribution is -1.99. The highest BCUT2D eigenvalue weighted by molar-refractivity contribution is 8.22. The van der Waals surface area contributed by atoms with Crippen LogP contribution in [-0.4, -0.2) is 10.2 Å². The molecule has 1 aromatic rings. The number of rotatable bonds is 1. The third-order valence-corrected chi connectivity index (χ3v) is 4.48. The molecule has 0 aromatic heterocycles. The first-order chi connectivity index (χ1) is 5.86. The zero-order valence-corrected chi connectivity index (χ0v) is 9.96. The van der Waals surface area contributed by atoms with Gasteiger partial charge in [-0.2, -0.15) is 10.9 Å². The Morgan fingerprint density at radius 1 is 0.917 bits per heavy atom. The highest BCUT2D eigenvalue weighted by atomic mass is 32.2. The van der Waals surface area contributed by atoms with E-state index >= 15 is 0 Å². The number of benzene rings is 1. The van der Waals surface area contributed by atoms with Crippen LogP contribution in [0.5, 0.6) is 0 Å². The lowest BCUT2D eigenvalue weighted by Gasteiger charge is -2.09. The van der Waals surface area contributed by atoms with Gasteiger partial charge in [0.2, 0.25) is 0 Å². The topological polar surface area (TPSA) is 0 Å². The molecule has 12 heavy (non-hydrogen) atoms. The minimum atomic E-state index is -0.0983. The molecule has 62 valence electrons. The maximum absolute atomic E-state index is 2.29. The summed E-state index contributed by atoms with van der Waals surface area (Å²) in [5, 5.41) is 6.05. The smallest absolute Gasteiger partial charge is 0.0384 e. The molecule has 0 bridgehead atoms. The van der Waals surface area contributed by atoms with Gasteiger partial charge in [-0.15, -0.1) is 0 Å². The largest absolute Gasteiger partial charge is 0.186 e. The molecular formula is C10H12SSi. The van der Waals surface area contributed by atoms with Gasteiger partial charge >= 0.3 is 0 Å². The maximum Gasteiger partial charge on any atom is 0.0384 e. The molecule has 1 aliphatic rings. The average Bonchev–Trinajstić information content (AvgIpc) is 2.58. The number of hydrogen-bond acceptors (Lipinski definition) is 0. The second-order valence-corrected chi connectivity index (χ2v) is 6.01. The molecule has 0 radical (unpaired) electrons. The molecule has 0 saturated heterocycles. The first-order valence-electron chi connectivity index (χ1n) is 4.06. The Kier molecular flexibility index (Phi) is 2.19. The maximum atomic E-state index is 2.29. The van der Waals surface area contributed by atoms with Crippen molar-refractivity contribution in [2.75, 3.05) is 0 Å². The Hall–Kier alpha value is -0.733. The molecule has 0 spiro atoms. The van der Waals surface area contributed by atoms with E-state index in [1.165, 1.54) is 10.1 Å². The third kappa shape index (κ3) is 1.54. The number of thiol groups is 1. The molecule has 1 aliphatic heterocycles. The van der Waals surface area contributed by atoms with Crippen LogP contribution >= 0.6 is 10.9 Å². The van der Waals surface area contributed by atoms with Crippen LogP contribution in [0, 0.1) is 0 Å². The van der Waals surface area contributed by atoms with E-state index in [0.717, 1.165) is 10.2 Å². The van der Waals surface area contributed by atoms with Crippen molar-refractivity contribution >= 4 is 26.3 Å². The Bertz CT molecular complexity index is 312. The van der Waals surface area contributed by atoms with Gasteiger partial charge in [0, 0.05) is 10.2 Å². The normalized spacial score (nSPS) is 17.5. The third-order valence-electron chi connectivity index (χ3n) is 1.94. The molecule has 1 heterocycles. The Balaban J connectivity index is 2.29. The fraction of sp³-hybridized carbons (Fsp3) is 0. The van der Waals surface area contributed by atoms with E-state index in [2.05, 4.69) is 47.2 Å². The van der Waals surface area contributed by atoms with Crippen molar-refractivity contribution in [1.82, 2.24) is 0 Å². The Morgan fingerprint density at radius 2 is 1.50 bits per heavy atom. The quantitative estimate of drug-likeness (QED) is 0.499. The highest BCUT2D eigenvalue weighted by Gasteiger charge is 2.00. The molecule has 2 rings (SSSR count). The summed E-state index contributed by atoms with van der Waals surface area (Å²) in [6, 6.07) is 9.00. The van der Waals surface area contributed by atoms with Gasteiger partial charge in [-0.05, 0) is 27.8 Å². The van der Waals surface area contributed by atoms with Crippen molar-refractivity contribution < 1.29 is 0 Å². The van der Waals surface area contributed by atoms with E-state index in [1.807, 2.05) is 0 Å². The summed E-state index contributed by atoms with van der Waals surface area (Å²) >= 11 is 0. The van der Waals surface area contributed by atoms with Gasteiger partial charge in [0.15, 0.2) is 0 Å². The predicted octanol–water partition coefficient (Wildman–Crippen LogP) is 1.08. The highest BCUT2D eigenvalue weighted by Crippen LogP contribution is 2.41. The van der Waals surface area contributed by atoms with E-state index < -0.39 is 0 Å². The molecule has 0 amide bonds. The molecule has 0 N–H and O–H groups in total. The van der Waals surface area contributed by atoms with Crippen molar-refractivity contribution in [3.05, 3.63) is 47.2 Å². The summed E-state index contributed by atoms with van der Waals surface area (Å²) in [7, 11) is 1.06. The zero-order chi connectivity index (χ0) is 8.39. The van der Waals surface area contributed by atoms with Crippen LogP contribution in [0.15, 0.2) is 52.1 Å². The van der Waals surface area contributed by atoms with Gasteiger partial charge in [-0.25, -0.2) is 0 Å². The lowest BCUT2D eigenvalue weighted by atomic mass is 10.4. The van der Waals surface area contributed by atoms with Gasteiger partial charge in [0.05, 0.1) is 0 Å². The fourth-order valence-corrected chi connectivity index (χ4v) is 3.06. The Labute approximate surface area is 78.8 Å². The van der Waals surface area contributed by atoms with Crippen LogP contribution in [-0.2, 0) is 0 Å². The van der Waals surface area contributed by atoms with E-state index in [9.17, 15) is 0 Å².